The van der Waals surface area contributed by atoms with Crippen LogP contribution in [0.25, 0.3) is 0 Å². The van der Waals surface area contributed by atoms with Crippen molar-refractivity contribution in [1.82, 2.24) is 10.3 Å². The van der Waals surface area contributed by atoms with Gasteiger partial charge in [0.2, 0.25) is 5.88 Å². The van der Waals surface area contributed by atoms with Gasteiger partial charge < -0.3 is 10.1 Å². The molecule has 0 amide bonds. The van der Waals surface area contributed by atoms with E-state index >= 15 is 0 Å². The maximum atomic E-state index is 6.00. The fraction of sp³-hybridized carbons (Fsp3) is 0.353. The molecule has 1 aromatic carbocycles. The molecule has 3 heteroatoms. The molecule has 0 saturated heterocycles. The summed E-state index contributed by atoms with van der Waals surface area (Å²) in [7, 11) is 0. The van der Waals surface area contributed by atoms with Crippen molar-refractivity contribution >= 4 is 0 Å². The Kier molecular flexibility index (Phi) is 4.74. The van der Waals surface area contributed by atoms with E-state index in [1.807, 2.05) is 18.2 Å². The molecule has 0 fully saturated rings. The predicted octanol–water partition coefficient (Wildman–Crippen LogP) is 3.91. The summed E-state index contributed by atoms with van der Waals surface area (Å²) in [5.74, 6) is 1.57. The minimum absolute atomic E-state index is 0.650. The molecule has 0 radical (unpaired) electrons. The van der Waals surface area contributed by atoms with Gasteiger partial charge in [-0.25, -0.2) is 4.98 Å². The number of ether oxygens (including phenoxy) is 1. The molecule has 2 rings (SSSR count). The highest BCUT2D eigenvalue weighted by Crippen LogP contribution is 2.29. The van der Waals surface area contributed by atoms with E-state index < -0.39 is 0 Å². The van der Waals surface area contributed by atoms with Gasteiger partial charge in [0.1, 0.15) is 5.75 Å². The first kappa shape index (κ1) is 14.5. The predicted molar refractivity (Wildman–Crippen MR) is 82.3 cm³/mol. The molecular formula is C17H22N2O. The van der Waals surface area contributed by atoms with Gasteiger partial charge in [0.05, 0.1) is 5.69 Å². The van der Waals surface area contributed by atoms with Gasteiger partial charge in [0, 0.05) is 12.6 Å². The number of aryl methyl sites for hydroxylation is 2. The van der Waals surface area contributed by atoms with E-state index in [1.54, 1.807) is 0 Å². The maximum Gasteiger partial charge on any atom is 0.219 e. The number of pyridine rings is 1. The molecule has 1 aromatic heterocycles. The van der Waals surface area contributed by atoms with Crippen LogP contribution in [0.3, 0.4) is 0 Å². The van der Waals surface area contributed by atoms with E-state index in [9.17, 15) is 0 Å². The highest BCUT2D eigenvalue weighted by atomic mass is 16.5. The average molecular weight is 270 g/mol. The van der Waals surface area contributed by atoms with E-state index in [0.717, 1.165) is 30.1 Å². The van der Waals surface area contributed by atoms with Crippen LogP contribution in [0.4, 0.5) is 0 Å². The molecule has 0 aliphatic carbocycles. The van der Waals surface area contributed by atoms with Crippen LogP contribution in [0.2, 0.25) is 0 Å². The Hall–Kier alpha value is -1.87. The van der Waals surface area contributed by atoms with Gasteiger partial charge in [-0.2, -0.15) is 0 Å². The minimum Gasteiger partial charge on any atom is -0.438 e. The summed E-state index contributed by atoms with van der Waals surface area (Å²) < 4.78 is 6.00. The summed E-state index contributed by atoms with van der Waals surface area (Å²) in [4.78, 5) is 4.53. The van der Waals surface area contributed by atoms with Crippen LogP contribution in [0, 0.1) is 20.8 Å². The monoisotopic (exact) mass is 270 g/mol. The van der Waals surface area contributed by atoms with Crippen molar-refractivity contribution in [3.8, 4) is 11.6 Å². The van der Waals surface area contributed by atoms with E-state index in [-0.39, 0.29) is 0 Å². The zero-order valence-electron chi connectivity index (χ0n) is 12.7. The number of nitrogens with zero attached hydrogens (tertiary/aromatic N) is 1. The first-order valence-electron chi connectivity index (χ1n) is 7.03. The lowest BCUT2D eigenvalue weighted by Gasteiger charge is -2.13. The number of aromatic nitrogens is 1. The van der Waals surface area contributed by atoms with Crippen LogP contribution in [-0.4, -0.2) is 11.5 Å². The SMILES string of the molecule is CCNCc1cccc(Oc2c(C)ccc(C)c2C)n1. The lowest BCUT2D eigenvalue weighted by Crippen LogP contribution is -2.12. The lowest BCUT2D eigenvalue weighted by molar-refractivity contribution is 0.452. The Labute approximate surface area is 121 Å². The molecule has 0 unspecified atom stereocenters. The molecule has 1 heterocycles. The van der Waals surface area contributed by atoms with Crippen LogP contribution >= 0.6 is 0 Å². The Bertz CT molecular complexity index is 594. The van der Waals surface area contributed by atoms with Crippen molar-refractivity contribution < 1.29 is 4.74 Å². The van der Waals surface area contributed by atoms with Gasteiger partial charge in [0.25, 0.3) is 0 Å². The summed E-state index contributed by atoms with van der Waals surface area (Å²) in [6.07, 6.45) is 0. The van der Waals surface area contributed by atoms with Crippen molar-refractivity contribution in [2.24, 2.45) is 0 Å². The molecule has 0 saturated carbocycles. The second-order valence-electron chi connectivity index (χ2n) is 5.00. The van der Waals surface area contributed by atoms with Crippen LogP contribution in [0.1, 0.15) is 29.3 Å². The van der Waals surface area contributed by atoms with Crippen molar-refractivity contribution in [2.75, 3.05) is 6.54 Å². The molecule has 0 aliphatic heterocycles. The fourth-order valence-electron chi connectivity index (χ4n) is 2.05. The lowest BCUT2D eigenvalue weighted by atomic mass is 10.1. The van der Waals surface area contributed by atoms with Gasteiger partial charge in [-0.15, -0.1) is 0 Å². The van der Waals surface area contributed by atoms with Gasteiger partial charge >= 0.3 is 0 Å². The molecule has 20 heavy (non-hydrogen) atoms. The third kappa shape index (κ3) is 3.36. The summed E-state index contributed by atoms with van der Waals surface area (Å²) >= 11 is 0. The molecular weight excluding hydrogens is 248 g/mol. The average Bonchev–Trinajstić information content (AvgIpc) is 2.46. The molecule has 0 spiro atoms. The van der Waals surface area contributed by atoms with E-state index in [4.69, 9.17) is 4.74 Å². The molecule has 2 aromatic rings. The third-order valence-electron chi connectivity index (χ3n) is 3.42. The molecule has 0 atom stereocenters. The highest BCUT2D eigenvalue weighted by Gasteiger charge is 2.08. The Morgan fingerprint density at radius 1 is 1.05 bits per heavy atom. The largest absolute Gasteiger partial charge is 0.438 e. The first-order valence-corrected chi connectivity index (χ1v) is 7.03. The molecule has 3 nitrogen and oxygen atoms in total. The fourth-order valence-corrected chi connectivity index (χ4v) is 2.05. The quantitative estimate of drug-likeness (QED) is 0.894. The molecule has 106 valence electrons. The summed E-state index contributed by atoms with van der Waals surface area (Å²) in [6, 6.07) is 10.1. The topological polar surface area (TPSA) is 34.1 Å². The van der Waals surface area contributed by atoms with E-state index in [1.165, 1.54) is 11.1 Å². The second kappa shape index (κ2) is 6.53. The van der Waals surface area contributed by atoms with Crippen molar-refractivity contribution in [2.45, 2.75) is 34.2 Å². The van der Waals surface area contributed by atoms with Crippen molar-refractivity contribution in [3.63, 3.8) is 0 Å². The van der Waals surface area contributed by atoms with Gasteiger partial charge in [0.15, 0.2) is 0 Å². The highest BCUT2D eigenvalue weighted by molar-refractivity contribution is 5.46. The second-order valence-corrected chi connectivity index (χ2v) is 5.00. The molecule has 1 N–H and O–H groups in total. The Balaban J connectivity index is 2.24. The Morgan fingerprint density at radius 3 is 2.55 bits per heavy atom. The molecule has 0 bridgehead atoms. The zero-order chi connectivity index (χ0) is 14.5. The number of rotatable bonds is 5. The third-order valence-corrected chi connectivity index (χ3v) is 3.42. The number of hydrogen-bond acceptors (Lipinski definition) is 3. The van der Waals surface area contributed by atoms with Crippen LogP contribution in [0.15, 0.2) is 30.3 Å². The summed E-state index contributed by atoms with van der Waals surface area (Å²) in [5.41, 5.74) is 4.53. The van der Waals surface area contributed by atoms with Crippen molar-refractivity contribution in [1.29, 1.82) is 0 Å². The van der Waals surface area contributed by atoms with Crippen molar-refractivity contribution in [3.05, 3.63) is 52.7 Å². The minimum atomic E-state index is 0.650. The summed E-state index contributed by atoms with van der Waals surface area (Å²) in [6.45, 7) is 10.0. The smallest absolute Gasteiger partial charge is 0.219 e. The zero-order valence-corrected chi connectivity index (χ0v) is 12.7. The van der Waals surface area contributed by atoms with Gasteiger partial charge in [-0.05, 0) is 50.1 Å². The van der Waals surface area contributed by atoms with Crippen LogP contribution in [-0.2, 0) is 6.54 Å². The van der Waals surface area contributed by atoms with Gasteiger partial charge in [-0.1, -0.05) is 25.1 Å². The normalized spacial score (nSPS) is 10.6. The standard InChI is InChI=1S/C17H22N2O/c1-5-18-11-15-7-6-8-16(19-15)20-17-13(3)10-9-12(2)14(17)4/h6-10,18H,5,11H2,1-4H3. The van der Waals surface area contributed by atoms with E-state index in [0.29, 0.717) is 5.88 Å². The van der Waals surface area contributed by atoms with Gasteiger partial charge in [-0.3, -0.25) is 0 Å². The number of benzene rings is 1. The summed E-state index contributed by atoms with van der Waals surface area (Å²) in [5, 5.41) is 3.27. The van der Waals surface area contributed by atoms with E-state index in [2.05, 4.69) is 50.1 Å². The van der Waals surface area contributed by atoms with Crippen LogP contribution < -0.4 is 10.1 Å². The number of hydrogen-bond donors (Lipinski definition) is 1. The first-order chi connectivity index (χ1) is 9.61. The van der Waals surface area contributed by atoms with Crippen LogP contribution in [0.5, 0.6) is 11.6 Å². The number of nitrogens with one attached hydrogen (secondary N) is 1. The Morgan fingerprint density at radius 2 is 1.80 bits per heavy atom. The maximum absolute atomic E-state index is 6.00. The molecule has 0 aliphatic rings.